The Morgan fingerprint density at radius 1 is 1.38 bits per heavy atom. The van der Waals surface area contributed by atoms with Gasteiger partial charge in [0.15, 0.2) is 5.11 Å². The molecule has 1 aromatic heterocycles. The van der Waals surface area contributed by atoms with Gasteiger partial charge in [0, 0.05) is 18.8 Å². The Morgan fingerprint density at radius 3 is 2.81 bits per heavy atom. The number of halogens is 1. The van der Waals surface area contributed by atoms with Gasteiger partial charge in [0.1, 0.15) is 11.5 Å². The standard InChI is InChI=1S/C14H11FN4OS/c1-18-8-9(7-16-18)6-11-13(20)19(14(21)17-11)12-5-3-2-4-10(12)15/h2-8H,1H3,(H,17,21). The molecule has 21 heavy (non-hydrogen) atoms. The number of benzene rings is 1. The molecule has 1 aliphatic rings. The van der Waals surface area contributed by atoms with Crippen LogP contribution in [-0.4, -0.2) is 20.8 Å². The minimum Gasteiger partial charge on any atom is -0.327 e. The van der Waals surface area contributed by atoms with Crippen LogP contribution in [0, 0.1) is 5.82 Å². The molecule has 0 aliphatic carbocycles. The molecule has 0 atom stereocenters. The van der Waals surface area contributed by atoms with Crippen molar-refractivity contribution in [3.63, 3.8) is 0 Å². The van der Waals surface area contributed by atoms with Crippen molar-refractivity contribution in [2.45, 2.75) is 0 Å². The molecule has 0 saturated carbocycles. The third-order valence-corrected chi connectivity index (χ3v) is 3.29. The van der Waals surface area contributed by atoms with Crippen molar-refractivity contribution in [1.82, 2.24) is 15.1 Å². The summed E-state index contributed by atoms with van der Waals surface area (Å²) in [6, 6.07) is 6.00. The molecule has 2 aromatic rings. The van der Waals surface area contributed by atoms with Crippen LogP contribution < -0.4 is 10.2 Å². The van der Waals surface area contributed by atoms with Crippen LogP contribution in [0.3, 0.4) is 0 Å². The van der Waals surface area contributed by atoms with Crippen LogP contribution in [0.2, 0.25) is 0 Å². The van der Waals surface area contributed by atoms with E-state index in [-0.39, 0.29) is 16.5 Å². The summed E-state index contributed by atoms with van der Waals surface area (Å²) in [6.07, 6.45) is 5.01. The lowest BCUT2D eigenvalue weighted by atomic mass is 10.2. The predicted octanol–water partition coefficient (Wildman–Crippen LogP) is 1.82. The second-order valence-electron chi connectivity index (χ2n) is 4.53. The lowest BCUT2D eigenvalue weighted by Gasteiger charge is -2.14. The molecule has 7 heteroatoms. The van der Waals surface area contributed by atoms with Gasteiger partial charge in [-0.15, -0.1) is 0 Å². The molecule has 0 spiro atoms. The number of carbonyl (C=O) groups excluding carboxylic acids is 1. The number of hydrogen-bond donors (Lipinski definition) is 1. The van der Waals surface area contributed by atoms with Crippen molar-refractivity contribution in [2.24, 2.45) is 7.05 Å². The third-order valence-electron chi connectivity index (χ3n) is 3.01. The van der Waals surface area contributed by atoms with Gasteiger partial charge in [-0.25, -0.2) is 9.29 Å². The molecule has 0 radical (unpaired) electrons. The molecule has 1 fully saturated rings. The first-order valence-electron chi connectivity index (χ1n) is 6.16. The fourth-order valence-electron chi connectivity index (χ4n) is 2.07. The molecule has 0 bridgehead atoms. The predicted molar refractivity (Wildman–Crippen MR) is 80.8 cm³/mol. The molecule has 1 aromatic carbocycles. The molecule has 2 heterocycles. The average molecular weight is 302 g/mol. The highest BCUT2D eigenvalue weighted by atomic mass is 32.1. The molecule has 3 rings (SSSR count). The van der Waals surface area contributed by atoms with E-state index in [0.29, 0.717) is 0 Å². The first-order chi connectivity index (χ1) is 10.1. The molecule has 1 N–H and O–H groups in total. The Morgan fingerprint density at radius 2 is 2.14 bits per heavy atom. The van der Waals surface area contributed by atoms with Gasteiger partial charge in [0.05, 0.1) is 11.9 Å². The molecule has 1 amide bonds. The number of nitrogens with zero attached hydrogens (tertiary/aromatic N) is 3. The fourth-order valence-corrected chi connectivity index (χ4v) is 2.36. The van der Waals surface area contributed by atoms with Crippen molar-refractivity contribution in [3.05, 3.63) is 53.7 Å². The lowest BCUT2D eigenvalue weighted by molar-refractivity contribution is -0.113. The summed E-state index contributed by atoms with van der Waals surface area (Å²) in [5.74, 6) is -0.897. The number of rotatable bonds is 2. The number of aromatic nitrogens is 2. The maximum absolute atomic E-state index is 13.8. The monoisotopic (exact) mass is 302 g/mol. The molecule has 1 saturated heterocycles. The van der Waals surface area contributed by atoms with E-state index < -0.39 is 11.7 Å². The van der Waals surface area contributed by atoms with E-state index in [1.54, 1.807) is 42.3 Å². The maximum Gasteiger partial charge on any atom is 0.281 e. The number of thiocarbonyl (C=S) groups is 1. The molecular weight excluding hydrogens is 291 g/mol. The van der Waals surface area contributed by atoms with Crippen molar-refractivity contribution < 1.29 is 9.18 Å². The number of para-hydroxylation sites is 1. The normalized spacial score (nSPS) is 16.7. The number of amides is 1. The highest BCUT2D eigenvalue weighted by Gasteiger charge is 2.33. The first kappa shape index (κ1) is 13.4. The van der Waals surface area contributed by atoms with Gasteiger partial charge in [-0.3, -0.25) is 9.48 Å². The van der Waals surface area contributed by atoms with Crippen LogP contribution in [0.4, 0.5) is 10.1 Å². The van der Waals surface area contributed by atoms with Gasteiger partial charge in [0.2, 0.25) is 0 Å². The minimum absolute atomic E-state index is 0.134. The van der Waals surface area contributed by atoms with Crippen LogP contribution in [0.1, 0.15) is 5.56 Å². The van der Waals surface area contributed by atoms with Crippen molar-refractivity contribution >= 4 is 35.0 Å². The molecule has 1 aliphatic heterocycles. The fraction of sp³-hybridized carbons (Fsp3) is 0.0714. The van der Waals surface area contributed by atoms with Crippen molar-refractivity contribution in [3.8, 4) is 0 Å². The van der Waals surface area contributed by atoms with E-state index in [9.17, 15) is 9.18 Å². The van der Waals surface area contributed by atoms with Crippen molar-refractivity contribution in [1.29, 1.82) is 0 Å². The van der Waals surface area contributed by atoms with Crippen molar-refractivity contribution in [2.75, 3.05) is 4.90 Å². The Hall–Kier alpha value is -2.54. The lowest BCUT2D eigenvalue weighted by Crippen LogP contribution is -2.31. The second-order valence-corrected chi connectivity index (χ2v) is 4.91. The number of carbonyl (C=O) groups is 1. The molecule has 106 valence electrons. The number of anilines is 1. The zero-order valence-electron chi connectivity index (χ0n) is 11.1. The van der Waals surface area contributed by atoms with Crippen LogP contribution in [0.15, 0.2) is 42.4 Å². The first-order valence-corrected chi connectivity index (χ1v) is 6.57. The Kier molecular flexibility index (Phi) is 3.26. The van der Waals surface area contributed by atoms with E-state index in [0.717, 1.165) is 10.5 Å². The van der Waals surface area contributed by atoms with E-state index in [1.165, 1.54) is 12.1 Å². The molecule has 0 unspecified atom stereocenters. The van der Waals surface area contributed by atoms with Gasteiger partial charge in [-0.1, -0.05) is 12.1 Å². The van der Waals surface area contributed by atoms with Gasteiger partial charge in [-0.05, 0) is 30.4 Å². The summed E-state index contributed by atoms with van der Waals surface area (Å²) in [5.41, 5.74) is 1.18. The summed E-state index contributed by atoms with van der Waals surface area (Å²) < 4.78 is 15.5. The highest BCUT2D eigenvalue weighted by molar-refractivity contribution is 7.80. The van der Waals surface area contributed by atoms with E-state index in [1.807, 2.05) is 0 Å². The Balaban J connectivity index is 1.96. The van der Waals surface area contributed by atoms with E-state index >= 15 is 0 Å². The van der Waals surface area contributed by atoms with Gasteiger partial charge in [-0.2, -0.15) is 5.10 Å². The van der Waals surface area contributed by atoms with E-state index in [4.69, 9.17) is 12.2 Å². The van der Waals surface area contributed by atoms with Crippen LogP contribution in [0.25, 0.3) is 6.08 Å². The maximum atomic E-state index is 13.8. The molecular formula is C14H11FN4OS. The van der Waals surface area contributed by atoms with Crippen LogP contribution >= 0.6 is 12.2 Å². The number of aryl methyl sites for hydroxylation is 1. The second kappa shape index (κ2) is 5.10. The topological polar surface area (TPSA) is 50.2 Å². The zero-order valence-corrected chi connectivity index (χ0v) is 11.9. The minimum atomic E-state index is -0.502. The van der Waals surface area contributed by atoms with Crippen LogP contribution in [-0.2, 0) is 11.8 Å². The Bertz CT molecular complexity index is 768. The summed E-state index contributed by atoms with van der Waals surface area (Å²) in [5, 5.41) is 6.98. The SMILES string of the molecule is Cn1cc(C=C2NC(=S)N(c3ccccc3F)C2=O)cn1. The largest absolute Gasteiger partial charge is 0.327 e. The summed E-state index contributed by atoms with van der Waals surface area (Å²) >= 11 is 5.12. The zero-order chi connectivity index (χ0) is 15.0. The van der Waals surface area contributed by atoms with Crippen LogP contribution in [0.5, 0.6) is 0 Å². The van der Waals surface area contributed by atoms with Gasteiger partial charge >= 0.3 is 0 Å². The van der Waals surface area contributed by atoms with Gasteiger partial charge < -0.3 is 5.32 Å². The van der Waals surface area contributed by atoms with Gasteiger partial charge in [0.25, 0.3) is 5.91 Å². The highest BCUT2D eigenvalue weighted by Crippen LogP contribution is 2.24. The summed E-state index contributed by atoms with van der Waals surface area (Å²) in [6.45, 7) is 0. The average Bonchev–Trinajstić information content (AvgIpc) is 2.96. The Labute approximate surface area is 125 Å². The number of nitrogens with one attached hydrogen (secondary N) is 1. The molecule has 5 nitrogen and oxygen atoms in total. The summed E-state index contributed by atoms with van der Waals surface area (Å²) in [4.78, 5) is 13.5. The quantitative estimate of drug-likeness (QED) is 0.679. The summed E-state index contributed by atoms with van der Waals surface area (Å²) in [7, 11) is 1.78. The smallest absolute Gasteiger partial charge is 0.281 e. The third kappa shape index (κ3) is 2.43. The van der Waals surface area contributed by atoms with E-state index in [2.05, 4.69) is 10.4 Å². The number of hydrogen-bond acceptors (Lipinski definition) is 3.